The van der Waals surface area contributed by atoms with Crippen molar-refractivity contribution in [3.05, 3.63) is 47.5 Å². The van der Waals surface area contributed by atoms with Crippen LogP contribution < -0.4 is 18.9 Å². The van der Waals surface area contributed by atoms with Gasteiger partial charge in [-0.3, -0.25) is 4.79 Å². The van der Waals surface area contributed by atoms with Gasteiger partial charge in [0.05, 0.1) is 21.3 Å². The maximum absolute atomic E-state index is 13.0. The second-order valence-electron chi connectivity index (χ2n) is 5.88. The first-order valence-corrected chi connectivity index (χ1v) is 7.79. The van der Waals surface area contributed by atoms with Crippen molar-refractivity contribution in [2.24, 2.45) is 0 Å². The largest absolute Gasteiger partial charge is 0.497 e. The first-order valence-electron chi connectivity index (χ1n) is 7.79. The number of aliphatic hydroxyl groups is 1. The summed E-state index contributed by atoms with van der Waals surface area (Å²) >= 11 is 0. The monoisotopic (exact) mass is 344 g/mol. The number of methoxy groups -OCH3 is 3. The molecule has 25 heavy (non-hydrogen) atoms. The van der Waals surface area contributed by atoms with Gasteiger partial charge < -0.3 is 24.1 Å². The molecule has 0 aliphatic carbocycles. The highest BCUT2D eigenvalue weighted by Crippen LogP contribution is 2.40. The minimum Gasteiger partial charge on any atom is -0.497 e. The number of rotatable bonds is 5. The van der Waals surface area contributed by atoms with Gasteiger partial charge in [0.1, 0.15) is 35.2 Å². The van der Waals surface area contributed by atoms with Gasteiger partial charge in [-0.25, -0.2) is 0 Å². The zero-order chi connectivity index (χ0) is 18.0. The summed E-state index contributed by atoms with van der Waals surface area (Å²) in [6.07, 6.45) is 0.129. The minimum atomic E-state index is -1.66. The molecule has 132 valence electrons. The summed E-state index contributed by atoms with van der Waals surface area (Å²) in [7, 11) is 4.56. The highest BCUT2D eigenvalue weighted by atomic mass is 16.5. The van der Waals surface area contributed by atoms with Gasteiger partial charge in [-0.05, 0) is 17.7 Å². The Morgan fingerprint density at radius 2 is 1.72 bits per heavy atom. The highest BCUT2D eigenvalue weighted by Gasteiger charge is 2.44. The molecule has 0 unspecified atom stereocenters. The average molecular weight is 344 g/mol. The molecule has 6 nitrogen and oxygen atoms in total. The van der Waals surface area contributed by atoms with Crippen LogP contribution >= 0.6 is 0 Å². The second kappa shape index (κ2) is 6.64. The van der Waals surface area contributed by atoms with E-state index in [9.17, 15) is 9.90 Å². The first kappa shape index (κ1) is 17.1. The Morgan fingerprint density at radius 1 is 1.04 bits per heavy atom. The summed E-state index contributed by atoms with van der Waals surface area (Å²) in [6, 6.07) is 10.4. The Balaban J connectivity index is 1.93. The van der Waals surface area contributed by atoms with E-state index in [0.29, 0.717) is 23.0 Å². The van der Waals surface area contributed by atoms with E-state index >= 15 is 0 Å². The van der Waals surface area contributed by atoms with Crippen LogP contribution in [0.2, 0.25) is 0 Å². The lowest BCUT2D eigenvalue weighted by Gasteiger charge is -2.33. The molecule has 3 rings (SSSR count). The van der Waals surface area contributed by atoms with Gasteiger partial charge in [0, 0.05) is 18.6 Å². The maximum Gasteiger partial charge on any atom is 0.205 e. The molecule has 0 amide bonds. The fourth-order valence-electron chi connectivity index (χ4n) is 2.89. The molecule has 0 bridgehead atoms. The molecule has 0 spiro atoms. The summed E-state index contributed by atoms with van der Waals surface area (Å²) in [6.45, 7) is -0.138. The average Bonchev–Trinajstić information content (AvgIpc) is 2.64. The molecule has 1 N–H and O–H groups in total. The first-order chi connectivity index (χ1) is 12.0. The van der Waals surface area contributed by atoms with Crippen molar-refractivity contribution < 1.29 is 28.8 Å². The van der Waals surface area contributed by atoms with E-state index in [1.165, 1.54) is 14.2 Å². The van der Waals surface area contributed by atoms with Crippen LogP contribution in [-0.2, 0) is 6.42 Å². The number of benzene rings is 2. The molecule has 0 fully saturated rings. The number of carbonyl (C=O) groups is 1. The van der Waals surface area contributed by atoms with Crippen LogP contribution in [0.5, 0.6) is 23.0 Å². The number of hydrogen-bond acceptors (Lipinski definition) is 6. The molecular formula is C19H20O6. The molecule has 0 aromatic heterocycles. The van der Waals surface area contributed by atoms with Gasteiger partial charge in [-0.15, -0.1) is 0 Å². The SMILES string of the molecule is COc1ccc(C[C@]2(O)COc3cc(OC)cc(OC)c3C2=O)cc1. The quantitative estimate of drug-likeness (QED) is 0.897. The third-order valence-electron chi connectivity index (χ3n) is 4.27. The number of ketones is 1. The van der Waals surface area contributed by atoms with Crippen LogP contribution in [0.4, 0.5) is 0 Å². The zero-order valence-corrected chi connectivity index (χ0v) is 14.4. The Kier molecular flexibility index (Phi) is 4.55. The molecular weight excluding hydrogens is 324 g/mol. The standard InChI is InChI=1S/C19H20O6/c1-22-13-6-4-12(5-7-13)10-19(21)11-25-16-9-14(23-2)8-15(24-3)17(16)18(19)20/h4-9,21H,10-11H2,1-3H3/t19-/m0/s1. The lowest BCUT2D eigenvalue weighted by atomic mass is 9.85. The molecule has 0 saturated carbocycles. The van der Waals surface area contributed by atoms with Gasteiger partial charge in [-0.1, -0.05) is 12.1 Å². The molecule has 1 aliphatic heterocycles. The molecule has 1 atom stereocenters. The zero-order valence-electron chi connectivity index (χ0n) is 14.4. The third kappa shape index (κ3) is 3.13. The Morgan fingerprint density at radius 3 is 2.32 bits per heavy atom. The molecule has 2 aromatic carbocycles. The topological polar surface area (TPSA) is 74.2 Å². The van der Waals surface area contributed by atoms with E-state index in [0.717, 1.165) is 5.56 Å². The van der Waals surface area contributed by atoms with Gasteiger partial charge in [-0.2, -0.15) is 0 Å². The van der Waals surface area contributed by atoms with E-state index in [4.69, 9.17) is 18.9 Å². The van der Waals surface area contributed by atoms with Crippen molar-refractivity contribution in [3.8, 4) is 23.0 Å². The molecule has 0 saturated heterocycles. The molecule has 1 heterocycles. The van der Waals surface area contributed by atoms with Crippen LogP contribution in [0.1, 0.15) is 15.9 Å². The fourth-order valence-corrected chi connectivity index (χ4v) is 2.89. The number of hydrogen-bond donors (Lipinski definition) is 1. The predicted molar refractivity (Wildman–Crippen MR) is 91.0 cm³/mol. The van der Waals surface area contributed by atoms with Crippen molar-refractivity contribution in [1.82, 2.24) is 0 Å². The summed E-state index contributed by atoms with van der Waals surface area (Å²) in [4.78, 5) is 13.0. The highest BCUT2D eigenvalue weighted by molar-refractivity contribution is 6.08. The van der Waals surface area contributed by atoms with E-state index in [2.05, 4.69) is 0 Å². The number of Topliss-reactive ketones (excluding diaryl/α,β-unsaturated/α-hetero) is 1. The van der Waals surface area contributed by atoms with Gasteiger partial charge >= 0.3 is 0 Å². The van der Waals surface area contributed by atoms with Crippen LogP contribution in [0.25, 0.3) is 0 Å². The predicted octanol–water partition coefficient (Wildman–Crippen LogP) is 2.26. The maximum atomic E-state index is 13.0. The van der Waals surface area contributed by atoms with E-state index < -0.39 is 11.4 Å². The van der Waals surface area contributed by atoms with Crippen LogP contribution in [-0.4, -0.2) is 44.4 Å². The molecule has 0 radical (unpaired) electrons. The lowest BCUT2D eigenvalue weighted by molar-refractivity contribution is -0.00241. The summed E-state index contributed by atoms with van der Waals surface area (Å²) in [5.74, 6) is 1.46. The van der Waals surface area contributed by atoms with Crippen molar-refractivity contribution in [2.75, 3.05) is 27.9 Å². The van der Waals surface area contributed by atoms with E-state index in [1.54, 1.807) is 31.4 Å². The summed E-state index contributed by atoms with van der Waals surface area (Å²) in [5, 5.41) is 10.9. The summed E-state index contributed by atoms with van der Waals surface area (Å²) in [5.41, 5.74) is -0.634. The van der Waals surface area contributed by atoms with Crippen molar-refractivity contribution >= 4 is 5.78 Å². The van der Waals surface area contributed by atoms with Gasteiger partial charge in [0.2, 0.25) is 5.78 Å². The van der Waals surface area contributed by atoms with Crippen LogP contribution in [0.15, 0.2) is 36.4 Å². The van der Waals surface area contributed by atoms with Gasteiger partial charge in [0.15, 0.2) is 5.60 Å². The number of carbonyl (C=O) groups excluding carboxylic acids is 1. The normalized spacial score (nSPS) is 19.0. The Hall–Kier alpha value is -2.73. The lowest BCUT2D eigenvalue weighted by Crippen LogP contribution is -2.49. The molecule has 1 aliphatic rings. The summed E-state index contributed by atoms with van der Waals surface area (Å²) < 4.78 is 21.3. The van der Waals surface area contributed by atoms with E-state index in [1.807, 2.05) is 12.1 Å². The second-order valence-corrected chi connectivity index (χ2v) is 5.88. The van der Waals surface area contributed by atoms with Crippen LogP contribution in [0, 0.1) is 0 Å². The Labute approximate surface area is 145 Å². The van der Waals surface area contributed by atoms with E-state index in [-0.39, 0.29) is 18.6 Å². The van der Waals surface area contributed by atoms with Crippen LogP contribution in [0.3, 0.4) is 0 Å². The van der Waals surface area contributed by atoms with Crippen molar-refractivity contribution in [2.45, 2.75) is 12.0 Å². The minimum absolute atomic E-state index is 0.129. The van der Waals surface area contributed by atoms with Gasteiger partial charge in [0.25, 0.3) is 0 Å². The molecule has 6 heteroatoms. The fraction of sp³-hybridized carbons (Fsp3) is 0.316. The smallest absolute Gasteiger partial charge is 0.205 e. The number of fused-ring (bicyclic) bond motifs is 1. The Bertz CT molecular complexity index is 766. The molecule has 2 aromatic rings. The number of ether oxygens (including phenoxy) is 4. The van der Waals surface area contributed by atoms with Crippen molar-refractivity contribution in [3.63, 3.8) is 0 Å². The van der Waals surface area contributed by atoms with Crippen molar-refractivity contribution in [1.29, 1.82) is 0 Å². The third-order valence-corrected chi connectivity index (χ3v) is 4.27.